The number of nitrogens with zero attached hydrogens (tertiary/aromatic N) is 1. The summed E-state index contributed by atoms with van der Waals surface area (Å²) in [6.07, 6.45) is 0.827. The van der Waals surface area contributed by atoms with Crippen LogP contribution in [0.4, 0.5) is 0 Å². The van der Waals surface area contributed by atoms with Gasteiger partial charge in [0.25, 0.3) is 10.2 Å². The van der Waals surface area contributed by atoms with Crippen LogP contribution in [0.2, 0.25) is 0 Å². The summed E-state index contributed by atoms with van der Waals surface area (Å²) in [5.41, 5.74) is 0. The Kier molecular flexibility index (Phi) is 3.28. The summed E-state index contributed by atoms with van der Waals surface area (Å²) in [6.45, 7) is 3.85. The molecule has 5 nitrogen and oxygen atoms in total. The number of hydrogen-bond acceptors (Lipinski definition) is 3. The minimum Gasteiger partial charge on any atom is -0.306 e. The van der Waals surface area contributed by atoms with Gasteiger partial charge in [0.15, 0.2) is 0 Å². The zero-order valence-corrected chi connectivity index (χ0v) is 8.84. The van der Waals surface area contributed by atoms with Crippen molar-refractivity contribution in [1.29, 1.82) is 0 Å². The summed E-state index contributed by atoms with van der Waals surface area (Å²) in [5.74, 6) is 0.317. The summed E-state index contributed by atoms with van der Waals surface area (Å²) >= 11 is 0. The molecule has 2 atom stereocenters. The minimum atomic E-state index is -3.54. The zero-order chi connectivity index (χ0) is 10.1. The zero-order valence-electron chi connectivity index (χ0n) is 8.03. The van der Waals surface area contributed by atoms with E-state index in [1.165, 1.54) is 0 Å². The standard InChI is InChI=1S/C7H17N3O2S/c1-6-5-10(2)4-3-7(6)9-13(8,11)12/h6-7,9H,3-5H2,1-2H3,(H2,8,11,12). The molecule has 1 aliphatic heterocycles. The maximum Gasteiger partial charge on any atom is 0.274 e. The molecule has 0 amide bonds. The molecule has 0 saturated carbocycles. The smallest absolute Gasteiger partial charge is 0.274 e. The van der Waals surface area contributed by atoms with Crippen molar-refractivity contribution in [3.05, 3.63) is 0 Å². The van der Waals surface area contributed by atoms with Crippen molar-refractivity contribution in [3.8, 4) is 0 Å². The van der Waals surface area contributed by atoms with E-state index in [9.17, 15) is 8.42 Å². The van der Waals surface area contributed by atoms with Gasteiger partial charge in [-0.2, -0.15) is 13.1 Å². The monoisotopic (exact) mass is 207 g/mol. The molecule has 0 radical (unpaired) electrons. The first-order valence-corrected chi connectivity index (χ1v) is 5.92. The second-order valence-corrected chi connectivity index (χ2v) is 5.12. The fourth-order valence-corrected chi connectivity index (χ4v) is 2.51. The highest BCUT2D eigenvalue weighted by Gasteiger charge is 2.26. The van der Waals surface area contributed by atoms with Crippen LogP contribution in [0.3, 0.4) is 0 Å². The topological polar surface area (TPSA) is 75.4 Å². The molecule has 1 aliphatic rings. The first-order valence-electron chi connectivity index (χ1n) is 4.37. The number of rotatable bonds is 2. The number of hydrogen-bond donors (Lipinski definition) is 2. The van der Waals surface area contributed by atoms with E-state index >= 15 is 0 Å². The van der Waals surface area contributed by atoms with Crippen LogP contribution in [-0.2, 0) is 10.2 Å². The van der Waals surface area contributed by atoms with Gasteiger partial charge in [-0.25, -0.2) is 5.14 Å². The molecule has 1 saturated heterocycles. The molecule has 3 N–H and O–H groups in total. The summed E-state index contributed by atoms with van der Waals surface area (Å²) in [4.78, 5) is 2.19. The molecule has 78 valence electrons. The van der Waals surface area contributed by atoms with Gasteiger partial charge in [0.2, 0.25) is 0 Å². The molecule has 13 heavy (non-hydrogen) atoms. The van der Waals surface area contributed by atoms with Gasteiger partial charge in [0.05, 0.1) is 0 Å². The number of likely N-dealkylation sites (tertiary alicyclic amines) is 1. The lowest BCUT2D eigenvalue weighted by Crippen LogP contribution is -2.50. The molecular weight excluding hydrogens is 190 g/mol. The van der Waals surface area contributed by atoms with E-state index in [0.717, 1.165) is 19.5 Å². The number of piperidine rings is 1. The van der Waals surface area contributed by atoms with Crippen molar-refractivity contribution in [2.45, 2.75) is 19.4 Å². The van der Waals surface area contributed by atoms with Crippen molar-refractivity contribution >= 4 is 10.2 Å². The summed E-state index contributed by atoms with van der Waals surface area (Å²) in [7, 11) is -1.51. The fourth-order valence-electron chi connectivity index (χ4n) is 1.74. The molecule has 6 heteroatoms. The highest BCUT2D eigenvalue weighted by molar-refractivity contribution is 7.87. The average molecular weight is 207 g/mol. The summed E-state index contributed by atoms with van der Waals surface area (Å²) < 4.78 is 24.0. The largest absolute Gasteiger partial charge is 0.306 e. The van der Waals surface area contributed by atoms with Gasteiger partial charge < -0.3 is 4.90 Å². The van der Waals surface area contributed by atoms with Crippen LogP contribution >= 0.6 is 0 Å². The highest BCUT2D eigenvalue weighted by Crippen LogP contribution is 2.15. The molecule has 2 unspecified atom stereocenters. The van der Waals surface area contributed by atoms with Crippen LogP contribution in [0.15, 0.2) is 0 Å². The molecule has 0 aliphatic carbocycles. The van der Waals surface area contributed by atoms with Gasteiger partial charge in [0, 0.05) is 12.6 Å². The van der Waals surface area contributed by atoms with Crippen molar-refractivity contribution in [1.82, 2.24) is 9.62 Å². The van der Waals surface area contributed by atoms with Crippen LogP contribution < -0.4 is 9.86 Å². The van der Waals surface area contributed by atoms with Crippen LogP contribution in [0.1, 0.15) is 13.3 Å². The van der Waals surface area contributed by atoms with Crippen molar-refractivity contribution in [2.75, 3.05) is 20.1 Å². The van der Waals surface area contributed by atoms with Crippen molar-refractivity contribution < 1.29 is 8.42 Å². The fraction of sp³-hybridized carbons (Fsp3) is 1.00. The molecule has 0 bridgehead atoms. The van der Waals surface area contributed by atoms with E-state index in [1.54, 1.807) is 0 Å². The lowest BCUT2D eigenvalue weighted by atomic mass is 9.95. The summed E-state index contributed by atoms with van der Waals surface area (Å²) in [5, 5.41) is 4.91. The molecule has 1 heterocycles. The molecule has 0 aromatic carbocycles. The predicted octanol–water partition coefficient (Wildman–Crippen LogP) is -0.880. The lowest BCUT2D eigenvalue weighted by Gasteiger charge is -2.34. The third-order valence-corrected chi connectivity index (χ3v) is 3.06. The van der Waals surface area contributed by atoms with Gasteiger partial charge in [-0.3, -0.25) is 0 Å². The van der Waals surface area contributed by atoms with E-state index in [2.05, 4.69) is 9.62 Å². The third-order valence-electron chi connectivity index (χ3n) is 2.42. The maximum absolute atomic E-state index is 10.8. The van der Waals surface area contributed by atoms with E-state index in [4.69, 9.17) is 5.14 Å². The van der Waals surface area contributed by atoms with Gasteiger partial charge in [-0.05, 0) is 25.9 Å². The van der Waals surface area contributed by atoms with Crippen LogP contribution in [0, 0.1) is 5.92 Å². The second-order valence-electron chi connectivity index (χ2n) is 3.80. The van der Waals surface area contributed by atoms with E-state index in [1.807, 2.05) is 14.0 Å². The van der Waals surface area contributed by atoms with E-state index < -0.39 is 10.2 Å². The van der Waals surface area contributed by atoms with E-state index in [0.29, 0.717) is 5.92 Å². The Bertz CT molecular complexity index is 265. The predicted molar refractivity (Wildman–Crippen MR) is 51.3 cm³/mol. The van der Waals surface area contributed by atoms with Gasteiger partial charge in [-0.1, -0.05) is 6.92 Å². The highest BCUT2D eigenvalue weighted by atomic mass is 32.2. The van der Waals surface area contributed by atoms with Gasteiger partial charge >= 0.3 is 0 Å². The average Bonchev–Trinajstić information content (AvgIpc) is 1.93. The SMILES string of the molecule is CC1CN(C)CCC1NS(N)(=O)=O. The quantitative estimate of drug-likeness (QED) is 0.617. The number of nitrogens with one attached hydrogen (secondary N) is 1. The lowest BCUT2D eigenvalue weighted by molar-refractivity contribution is 0.188. The Labute approximate surface area is 79.5 Å². The molecule has 1 rings (SSSR count). The van der Waals surface area contributed by atoms with Crippen LogP contribution in [-0.4, -0.2) is 39.5 Å². The first-order chi connectivity index (χ1) is 5.88. The maximum atomic E-state index is 10.8. The Balaban J connectivity index is 2.52. The number of nitrogens with two attached hydrogens (primary N) is 1. The normalized spacial score (nSPS) is 31.9. The Morgan fingerprint density at radius 1 is 1.54 bits per heavy atom. The third kappa shape index (κ3) is 3.60. The summed E-state index contributed by atoms with van der Waals surface area (Å²) in [6, 6.07) is -0.00815. The minimum absolute atomic E-state index is 0.00815. The molecular formula is C7H17N3O2S. The second kappa shape index (κ2) is 3.91. The molecule has 0 aromatic heterocycles. The van der Waals surface area contributed by atoms with Crippen molar-refractivity contribution in [3.63, 3.8) is 0 Å². The van der Waals surface area contributed by atoms with E-state index in [-0.39, 0.29) is 6.04 Å². The molecule has 0 spiro atoms. The van der Waals surface area contributed by atoms with Crippen molar-refractivity contribution in [2.24, 2.45) is 11.1 Å². The Morgan fingerprint density at radius 3 is 2.62 bits per heavy atom. The Morgan fingerprint density at radius 2 is 2.15 bits per heavy atom. The van der Waals surface area contributed by atoms with Crippen LogP contribution in [0.25, 0.3) is 0 Å². The van der Waals surface area contributed by atoms with Gasteiger partial charge in [0.1, 0.15) is 0 Å². The van der Waals surface area contributed by atoms with Crippen LogP contribution in [0.5, 0.6) is 0 Å². The van der Waals surface area contributed by atoms with Gasteiger partial charge in [-0.15, -0.1) is 0 Å². The molecule has 1 fully saturated rings. The molecule has 0 aromatic rings. The first kappa shape index (κ1) is 10.9. The Hall–Kier alpha value is -0.170.